The molecule has 0 fully saturated rings. The predicted octanol–water partition coefficient (Wildman–Crippen LogP) is 5.59. The van der Waals surface area contributed by atoms with Crippen LogP contribution in [0, 0.1) is 0 Å². The van der Waals surface area contributed by atoms with E-state index in [2.05, 4.69) is 17.2 Å². The van der Waals surface area contributed by atoms with Crippen LogP contribution in [0.2, 0.25) is 0 Å². The monoisotopic (exact) mass is 296 g/mol. The quantitative estimate of drug-likeness (QED) is 0.289. The molecule has 4 heteroatoms. The van der Waals surface area contributed by atoms with Crippen LogP contribution in [-0.2, 0) is 4.79 Å². The highest BCUT2D eigenvalue weighted by molar-refractivity contribution is 5.72. The number of hydrogen-bond donors (Lipinski definition) is 0. The second kappa shape index (κ2) is 8.72. The summed E-state index contributed by atoms with van der Waals surface area (Å²) in [6, 6.07) is 16.6. The lowest BCUT2D eigenvalue weighted by atomic mass is 10.2. The van der Waals surface area contributed by atoms with Crippen molar-refractivity contribution in [2.45, 2.75) is 32.6 Å². The van der Waals surface area contributed by atoms with E-state index in [0.29, 0.717) is 12.2 Å². The molecule has 0 aliphatic heterocycles. The smallest absolute Gasteiger partial charge is 0.311 e. The minimum atomic E-state index is -0.188. The molecule has 2 rings (SSSR count). The largest absolute Gasteiger partial charge is 0.427 e. The number of ether oxygens (including phenoxy) is 1. The Morgan fingerprint density at radius 1 is 0.909 bits per heavy atom. The van der Waals surface area contributed by atoms with Crippen molar-refractivity contribution < 1.29 is 9.53 Å². The van der Waals surface area contributed by atoms with Gasteiger partial charge in [-0.3, -0.25) is 4.79 Å². The van der Waals surface area contributed by atoms with E-state index in [1.54, 1.807) is 24.3 Å². The Morgan fingerprint density at radius 2 is 1.55 bits per heavy atom. The number of unbranched alkanes of at least 4 members (excludes halogenated alkanes) is 2. The van der Waals surface area contributed by atoms with Crippen LogP contribution in [0.1, 0.15) is 32.6 Å². The van der Waals surface area contributed by atoms with Gasteiger partial charge in [-0.05, 0) is 42.8 Å². The maximum absolute atomic E-state index is 11.6. The molecule has 0 saturated carbocycles. The van der Waals surface area contributed by atoms with Gasteiger partial charge in [-0.1, -0.05) is 38.0 Å². The summed E-state index contributed by atoms with van der Waals surface area (Å²) in [4.78, 5) is 11.6. The van der Waals surface area contributed by atoms with Crippen molar-refractivity contribution >= 4 is 17.3 Å². The van der Waals surface area contributed by atoms with E-state index >= 15 is 0 Å². The Morgan fingerprint density at radius 3 is 2.18 bits per heavy atom. The third-order valence-electron chi connectivity index (χ3n) is 3.09. The lowest BCUT2D eigenvalue weighted by molar-refractivity contribution is -0.134. The van der Waals surface area contributed by atoms with Crippen LogP contribution in [0.5, 0.6) is 5.75 Å². The Hall–Kier alpha value is -2.49. The first-order valence-corrected chi connectivity index (χ1v) is 7.55. The third-order valence-corrected chi connectivity index (χ3v) is 3.09. The summed E-state index contributed by atoms with van der Waals surface area (Å²) in [6.07, 6.45) is 3.48. The molecule has 0 amide bonds. The predicted molar refractivity (Wildman–Crippen MR) is 86.8 cm³/mol. The number of esters is 1. The molecular weight excluding hydrogens is 276 g/mol. The van der Waals surface area contributed by atoms with Crippen LogP contribution in [0.4, 0.5) is 11.4 Å². The minimum Gasteiger partial charge on any atom is -0.427 e. The van der Waals surface area contributed by atoms with Crippen LogP contribution in [0.3, 0.4) is 0 Å². The van der Waals surface area contributed by atoms with E-state index in [4.69, 9.17) is 4.74 Å². The number of carbonyl (C=O) groups excluding carboxylic acids is 1. The number of hydrogen-bond acceptors (Lipinski definition) is 4. The van der Waals surface area contributed by atoms with E-state index in [-0.39, 0.29) is 5.97 Å². The van der Waals surface area contributed by atoms with Crippen molar-refractivity contribution in [1.82, 2.24) is 0 Å². The Labute approximate surface area is 130 Å². The summed E-state index contributed by atoms with van der Waals surface area (Å²) >= 11 is 0. The molecule has 2 aromatic rings. The van der Waals surface area contributed by atoms with Gasteiger partial charge in [0.2, 0.25) is 0 Å². The fourth-order valence-corrected chi connectivity index (χ4v) is 1.89. The first kappa shape index (κ1) is 15.9. The van der Waals surface area contributed by atoms with Crippen molar-refractivity contribution in [3.05, 3.63) is 54.6 Å². The molecule has 2 aromatic carbocycles. The second-order valence-corrected chi connectivity index (χ2v) is 4.96. The molecule has 0 unspecified atom stereocenters. The van der Waals surface area contributed by atoms with Crippen LogP contribution in [0.15, 0.2) is 64.8 Å². The van der Waals surface area contributed by atoms with Gasteiger partial charge < -0.3 is 4.74 Å². The number of benzene rings is 2. The van der Waals surface area contributed by atoms with Crippen LogP contribution < -0.4 is 4.74 Å². The Balaban J connectivity index is 1.87. The molecule has 0 bridgehead atoms. The summed E-state index contributed by atoms with van der Waals surface area (Å²) in [6.45, 7) is 2.11. The fourth-order valence-electron chi connectivity index (χ4n) is 1.89. The lowest BCUT2D eigenvalue weighted by Gasteiger charge is -2.03. The Bertz CT molecular complexity index is 607. The highest BCUT2D eigenvalue weighted by Gasteiger charge is 2.04. The summed E-state index contributed by atoms with van der Waals surface area (Å²) in [7, 11) is 0. The van der Waals surface area contributed by atoms with Crippen LogP contribution in [-0.4, -0.2) is 5.97 Å². The van der Waals surface area contributed by atoms with Gasteiger partial charge in [0.25, 0.3) is 0 Å². The van der Waals surface area contributed by atoms with Gasteiger partial charge in [-0.2, -0.15) is 10.2 Å². The first-order valence-electron chi connectivity index (χ1n) is 7.55. The molecule has 0 aliphatic rings. The molecule has 0 radical (unpaired) electrons. The first-order chi connectivity index (χ1) is 10.8. The zero-order chi connectivity index (χ0) is 15.6. The number of carbonyl (C=O) groups is 1. The van der Waals surface area contributed by atoms with E-state index in [1.807, 2.05) is 30.3 Å². The molecular formula is C18H20N2O2. The highest BCUT2D eigenvalue weighted by atomic mass is 16.5. The maximum Gasteiger partial charge on any atom is 0.311 e. The SMILES string of the molecule is CCCCCC(=O)Oc1ccc(N=Nc2ccccc2)cc1. The number of azo groups is 1. The van der Waals surface area contributed by atoms with Gasteiger partial charge in [0.05, 0.1) is 11.4 Å². The molecule has 0 N–H and O–H groups in total. The average molecular weight is 296 g/mol. The molecule has 0 aromatic heterocycles. The lowest BCUT2D eigenvalue weighted by Crippen LogP contribution is -2.07. The molecule has 0 atom stereocenters. The summed E-state index contributed by atoms with van der Waals surface area (Å²) in [5.74, 6) is 0.354. The molecule has 22 heavy (non-hydrogen) atoms. The van der Waals surface area contributed by atoms with Gasteiger partial charge in [-0.15, -0.1) is 0 Å². The molecule has 0 spiro atoms. The molecule has 0 aliphatic carbocycles. The van der Waals surface area contributed by atoms with Gasteiger partial charge in [0, 0.05) is 6.42 Å². The molecule has 4 nitrogen and oxygen atoms in total. The standard InChI is InChI=1S/C18H20N2O2/c1-2-3-5-10-18(21)22-17-13-11-16(12-14-17)20-19-15-8-6-4-7-9-15/h4,6-9,11-14H,2-3,5,10H2,1H3. The zero-order valence-corrected chi connectivity index (χ0v) is 12.7. The molecule has 0 saturated heterocycles. The number of rotatable bonds is 7. The summed E-state index contributed by atoms with van der Waals surface area (Å²) < 4.78 is 5.27. The van der Waals surface area contributed by atoms with E-state index in [1.165, 1.54) is 0 Å². The van der Waals surface area contributed by atoms with Crippen molar-refractivity contribution in [2.75, 3.05) is 0 Å². The highest BCUT2D eigenvalue weighted by Crippen LogP contribution is 2.21. The van der Waals surface area contributed by atoms with Crippen molar-refractivity contribution in [3.8, 4) is 5.75 Å². The molecule has 0 heterocycles. The van der Waals surface area contributed by atoms with Gasteiger partial charge in [-0.25, -0.2) is 0 Å². The van der Waals surface area contributed by atoms with Gasteiger partial charge in [0.1, 0.15) is 5.75 Å². The van der Waals surface area contributed by atoms with Crippen LogP contribution in [0.25, 0.3) is 0 Å². The van der Waals surface area contributed by atoms with Gasteiger partial charge >= 0.3 is 5.97 Å². The van der Waals surface area contributed by atoms with E-state index in [0.717, 1.165) is 30.6 Å². The van der Waals surface area contributed by atoms with E-state index in [9.17, 15) is 4.79 Å². The number of nitrogens with zero attached hydrogens (tertiary/aromatic N) is 2. The molecule has 114 valence electrons. The normalized spacial score (nSPS) is 10.8. The van der Waals surface area contributed by atoms with Crippen LogP contribution >= 0.6 is 0 Å². The Kier molecular flexibility index (Phi) is 6.30. The zero-order valence-electron chi connectivity index (χ0n) is 12.7. The van der Waals surface area contributed by atoms with Gasteiger partial charge in [0.15, 0.2) is 0 Å². The maximum atomic E-state index is 11.6. The fraction of sp³-hybridized carbons (Fsp3) is 0.278. The second-order valence-electron chi connectivity index (χ2n) is 4.96. The van der Waals surface area contributed by atoms with E-state index < -0.39 is 0 Å². The minimum absolute atomic E-state index is 0.188. The van der Waals surface area contributed by atoms with Crippen molar-refractivity contribution in [2.24, 2.45) is 10.2 Å². The van der Waals surface area contributed by atoms with Crippen molar-refractivity contribution in [3.63, 3.8) is 0 Å². The van der Waals surface area contributed by atoms with Crippen molar-refractivity contribution in [1.29, 1.82) is 0 Å². The topological polar surface area (TPSA) is 51.0 Å². The average Bonchev–Trinajstić information content (AvgIpc) is 2.55. The summed E-state index contributed by atoms with van der Waals surface area (Å²) in [5.41, 5.74) is 1.52. The third kappa shape index (κ3) is 5.48. The summed E-state index contributed by atoms with van der Waals surface area (Å²) in [5, 5.41) is 8.28.